The first-order valence-corrected chi connectivity index (χ1v) is 7.63. The van der Waals surface area contributed by atoms with E-state index in [-0.39, 0.29) is 0 Å². The molecule has 0 saturated carbocycles. The van der Waals surface area contributed by atoms with Gasteiger partial charge in [0.05, 0.1) is 0 Å². The van der Waals surface area contributed by atoms with Crippen molar-refractivity contribution in [3.63, 3.8) is 0 Å². The lowest BCUT2D eigenvalue weighted by atomic mass is 10.2. The molecule has 0 aromatic heterocycles. The first-order chi connectivity index (χ1) is 10.5. The van der Waals surface area contributed by atoms with Gasteiger partial charge < -0.3 is 10.2 Å². The molecule has 5 heteroatoms. The van der Waals surface area contributed by atoms with Gasteiger partial charge in [-0.05, 0) is 36.2 Å². The maximum Gasteiger partial charge on any atom is 0.313 e. The number of rotatable bonds is 3. The average Bonchev–Trinajstić information content (AvgIpc) is 2.51. The van der Waals surface area contributed by atoms with Crippen LogP contribution in [0.1, 0.15) is 11.1 Å². The van der Waals surface area contributed by atoms with E-state index >= 15 is 0 Å². The minimum atomic E-state index is -0.639. The van der Waals surface area contributed by atoms with Crippen molar-refractivity contribution in [1.82, 2.24) is 4.90 Å². The zero-order chi connectivity index (χ0) is 16.1. The lowest BCUT2D eigenvalue weighted by molar-refractivity contribution is -0.142. The van der Waals surface area contributed by atoms with Gasteiger partial charge in [0.25, 0.3) is 0 Å². The smallest absolute Gasteiger partial charge is 0.313 e. The summed E-state index contributed by atoms with van der Waals surface area (Å²) in [7, 11) is 1.61. The fraction of sp³-hybridized carbons (Fsp3) is 0.176. The maximum absolute atomic E-state index is 12.1. The zero-order valence-corrected chi connectivity index (χ0v) is 14.1. The Hall–Kier alpha value is -2.14. The molecule has 0 fully saturated rings. The van der Waals surface area contributed by atoms with Gasteiger partial charge in [0.15, 0.2) is 0 Å². The Morgan fingerprint density at radius 3 is 2.45 bits per heavy atom. The van der Waals surface area contributed by atoms with Gasteiger partial charge in [-0.1, -0.05) is 46.3 Å². The molecule has 0 saturated heterocycles. The van der Waals surface area contributed by atoms with Crippen molar-refractivity contribution in [3.8, 4) is 0 Å². The van der Waals surface area contributed by atoms with Gasteiger partial charge in [0.2, 0.25) is 0 Å². The molecule has 2 aromatic carbocycles. The van der Waals surface area contributed by atoms with E-state index in [2.05, 4.69) is 21.2 Å². The number of amides is 2. The van der Waals surface area contributed by atoms with E-state index in [1.54, 1.807) is 13.1 Å². The van der Waals surface area contributed by atoms with Gasteiger partial charge in [-0.15, -0.1) is 0 Å². The minimum Gasteiger partial charge on any atom is -0.333 e. The number of likely N-dealkylation sites (N-methyl/N-ethyl adjacent to an activating group) is 1. The lowest BCUT2D eigenvalue weighted by Gasteiger charge is -2.17. The molecule has 0 radical (unpaired) electrons. The summed E-state index contributed by atoms with van der Waals surface area (Å²) in [5.41, 5.74) is 2.57. The van der Waals surface area contributed by atoms with E-state index in [4.69, 9.17) is 0 Å². The molecular formula is C17H17BrN2O2. The number of carbonyl (C=O) groups is 2. The van der Waals surface area contributed by atoms with Gasteiger partial charge in [-0.3, -0.25) is 9.59 Å². The molecule has 0 heterocycles. The second-order valence-electron chi connectivity index (χ2n) is 5.06. The highest BCUT2D eigenvalue weighted by atomic mass is 79.9. The third-order valence-corrected chi connectivity index (χ3v) is 4.11. The van der Waals surface area contributed by atoms with E-state index in [1.165, 1.54) is 4.90 Å². The van der Waals surface area contributed by atoms with Crippen LogP contribution in [0.4, 0.5) is 5.69 Å². The van der Waals surface area contributed by atoms with Gasteiger partial charge >= 0.3 is 11.8 Å². The van der Waals surface area contributed by atoms with E-state index in [1.807, 2.05) is 49.4 Å². The molecule has 0 bridgehead atoms. The highest BCUT2D eigenvalue weighted by molar-refractivity contribution is 9.10. The van der Waals surface area contributed by atoms with Crippen LogP contribution in [-0.4, -0.2) is 23.8 Å². The number of anilines is 1. The third-order valence-electron chi connectivity index (χ3n) is 3.22. The van der Waals surface area contributed by atoms with Crippen molar-refractivity contribution < 1.29 is 9.59 Å². The quantitative estimate of drug-likeness (QED) is 0.853. The second-order valence-corrected chi connectivity index (χ2v) is 5.92. The number of benzene rings is 2. The molecule has 114 valence electrons. The molecular weight excluding hydrogens is 344 g/mol. The lowest BCUT2D eigenvalue weighted by Crippen LogP contribution is -2.36. The summed E-state index contributed by atoms with van der Waals surface area (Å²) in [4.78, 5) is 25.5. The summed E-state index contributed by atoms with van der Waals surface area (Å²) in [6, 6.07) is 14.9. The molecule has 0 spiro atoms. The molecule has 0 aliphatic rings. The second kappa shape index (κ2) is 7.22. The third kappa shape index (κ3) is 4.18. The SMILES string of the molecule is Cc1cc(NC(=O)C(=O)N(C)Cc2ccccc2)ccc1Br. The molecule has 0 aliphatic heterocycles. The molecule has 4 nitrogen and oxygen atoms in total. The van der Waals surface area contributed by atoms with Crippen LogP contribution in [0.5, 0.6) is 0 Å². The van der Waals surface area contributed by atoms with Crippen LogP contribution in [0.2, 0.25) is 0 Å². The standard InChI is InChI=1S/C17H17BrN2O2/c1-12-10-14(8-9-15(12)18)19-16(21)17(22)20(2)11-13-6-4-3-5-7-13/h3-10H,11H2,1-2H3,(H,19,21). The van der Waals surface area contributed by atoms with Crippen LogP contribution in [0.3, 0.4) is 0 Å². The fourth-order valence-electron chi connectivity index (χ4n) is 2.01. The van der Waals surface area contributed by atoms with Gasteiger partial charge in [-0.2, -0.15) is 0 Å². The summed E-state index contributed by atoms with van der Waals surface area (Å²) in [5.74, 6) is -1.20. The summed E-state index contributed by atoms with van der Waals surface area (Å²) >= 11 is 3.40. The van der Waals surface area contributed by atoms with Crippen molar-refractivity contribution in [1.29, 1.82) is 0 Å². The fourth-order valence-corrected chi connectivity index (χ4v) is 2.26. The van der Waals surface area contributed by atoms with Gasteiger partial charge in [0, 0.05) is 23.8 Å². The normalized spacial score (nSPS) is 10.1. The van der Waals surface area contributed by atoms with Crippen LogP contribution in [0.25, 0.3) is 0 Å². The van der Waals surface area contributed by atoms with Crippen LogP contribution >= 0.6 is 15.9 Å². The Kier molecular flexibility index (Phi) is 5.33. The number of hydrogen-bond donors (Lipinski definition) is 1. The van der Waals surface area contributed by atoms with Crippen molar-refractivity contribution in [2.45, 2.75) is 13.5 Å². The van der Waals surface area contributed by atoms with E-state index < -0.39 is 11.8 Å². The van der Waals surface area contributed by atoms with Crippen molar-refractivity contribution >= 4 is 33.4 Å². The number of nitrogens with zero attached hydrogens (tertiary/aromatic N) is 1. The Balaban J connectivity index is 1.99. The van der Waals surface area contributed by atoms with Gasteiger partial charge in [0.1, 0.15) is 0 Å². The van der Waals surface area contributed by atoms with E-state index in [0.717, 1.165) is 15.6 Å². The number of aryl methyl sites for hydroxylation is 1. The minimum absolute atomic E-state index is 0.395. The molecule has 2 amide bonds. The average molecular weight is 361 g/mol. The van der Waals surface area contributed by atoms with Crippen LogP contribution in [-0.2, 0) is 16.1 Å². The molecule has 22 heavy (non-hydrogen) atoms. The van der Waals surface area contributed by atoms with E-state index in [9.17, 15) is 9.59 Å². The Labute approximate surface area is 138 Å². The number of carbonyl (C=O) groups excluding carboxylic acids is 2. The highest BCUT2D eigenvalue weighted by Crippen LogP contribution is 2.20. The monoisotopic (exact) mass is 360 g/mol. The Morgan fingerprint density at radius 1 is 1.14 bits per heavy atom. The molecule has 0 aliphatic carbocycles. The van der Waals surface area contributed by atoms with Crippen molar-refractivity contribution in [3.05, 3.63) is 64.1 Å². The molecule has 0 unspecified atom stereocenters. The number of nitrogens with one attached hydrogen (secondary N) is 1. The molecule has 0 atom stereocenters. The van der Waals surface area contributed by atoms with Crippen molar-refractivity contribution in [2.24, 2.45) is 0 Å². The number of hydrogen-bond acceptors (Lipinski definition) is 2. The maximum atomic E-state index is 12.1. The molecule has 2 aromatic rings. The first kappa shape index (κ1) is 16.2. The van der Waals surface area contributed by atoms with Crippen LogP contribution in [0, 0.1) is 6.92 Å². The van der Waals surface area contributed by atoms with Crippen LogP contribution < -0.4 is 5.32 Å². The van der Waals surface area contributed by atoms with Crippen LogP contribution in [0.15, 0.2) is 53.0 Å². The molecule has 1 N–H and O–H groups in total. The van der Waals surface area contributed by atoms with Gasteiger partial charge in [-0.25, -0.2) is 0 Å². The zero-order valence-electron chi connectivity index (χ0n) is 12.5. The number of halogens is 1. The predicted octanol–water partition coefficient (Wildman–Crippen LogP) is 3.35. The summed E-state index contributed by atoms with van der Waals surface area (Å²) < 4.78 is 0.957. The van der Waals surface area contributed by atoms with E-state index in [0.29, 0.717) is 12.2 Å². The summed E-state index contributed by atoms with van der Waals surface area (Å²) in [6.45, 7) is 2.32. The Bertz CT molecular complexity index is 686. The first-order valence-electron chi connectivity index (χ1n) is 6.84. The Morgan fingerprint density at radius 2 is 1.82 bits per heavy atom. The van der Waals surface area contributed by atoms with Crippen molar-refractivity contribution in [2.75, 3.05) is 12.4 Å². The topological polar surface area (TPSA) is 49.4 Å². The largest absolute Gasteiger partial charge is 0.333 e. The molecule has 2 rings (SSSR count). The highest BCUT2D eigenvalue weighted by Gasteiger charge is 2.19. The predicted molar refractivity (Wildman–Crippen MR) is 90.4 cm³/mol. The summed E-state index contributed by atoms with van der Waals surface area (Å²) in [5, 5.41) is 2.63. The summed E-state index contributed by atoms with van der Waals surface area (Å²) in [6.07, 6.45) is 0.